The number of alkyl halides is 3. The van der Waals surface area contributed by atoms with E-state index in [1.54, 1.807) is 6.92 Å². The minimum absolute atomic E-state index is 0.0434. The minimum atomic E-state index is -4.64. The molecule has 33 heavy (non-hydrogen) atoms. The summed E-state index contributed by atoms with van der Waals surface area (Å²) in [6.07, 6.45) is -2.00. The summed E-state index contributed by atoms with van der Waals surface area (Å²) in [5, 5.41) is 2.56. The number of nitrogens with one attached hydrogen (secondary N) is 1. The normalized spacial score (nSPS) is 13.5. The highest BCUT2D eigenvalue weighted by molar-refractivity contribution is 6.06. The third-order valence-corrected chi connectivity index (χ3v) is 5.28. The number of pyridine rings is 1. The Bertz CT molecular complexity index is 1210. The van der Waals surface area contributed by atoms with Gasteiger partial charge in [-0.25, -0.2) is 9.37 Å². The van der Waals surface area contributed by atoms with Crippen molar-refractivity contribution in [3.63, 3.8) is 0 Å². The smallest absolute Gasteiger partial charge is 0.416 e. The maximum absolute atomic E-state index is 13.8. The van der Waals surface area contributed by atoms with Gasteiger partial charge in [-0.3, -0.25) is 4.79 Å². The first-order valence-electron chi connectivity index (χ1n) is 10.2. The van der Waals surface area contributed by atoms with E-state index in [1.807, 2.05) is 0 Å². The Kier molecular flexibility index (Phi) is 5.97. The van der Waals surface area contributed by atoms with Crippen LogP contribution in [0.4, 0.5) is 23.2 Å². The maximum Gasteiger partial charge on any atom is 0.416 e. The van der Waals surface area contributed by atoms with Gasteiger partial charge in [0.1, 0.15) is 17.3 Å². The summed E-state index contributed by atoms with van der Waals surface area (Å²) in [6, 6.07) is 8.79. The van der Waals surface area contributed by atoms with E-state index in [0.29, 0.717) is 18.4 Å². The number of nitrogens with zero attached hydrogens (tertiary/aromatic N) is 1. The van der Waals surface area contributed by atoms with Gasteiger partial charge in [0.2, 0.25) is 5.88 Å². The number of anilines is 1. The number of aryl methyl sites for hydroxylation is 1. The van der Waals surface area contributed by atoms with Crippen LogP contribution < -0.4 is 14.8 Å². The molecule has 5 nitrogen and oxygen atoms in total. The van der Waals surface area contributed by atoms with E-state index in [2.05, 4.69) is 10.3 Å². The van der Waals surface area contributed by atoms with Gasteiger partial charge in [-0.05, 0) is 73.2 Å². The van der Waals surface area contributed by atoms with Crippen molar-refractivity contribution in [3.8, 4) is 17.4 Å². The van der Waals surface area contributed by atoms with Crippen molar-refractivity contribution in [2.75, 3.05) is 12.4 Å². The van der Waals surface area contributed by atoms with Crippen LogP contribution in [0.25, 0.3) is 0 Å². The van der Waals surface area contributed by atoms with Crippen molar-refractivity contribution in [3.05, 3.63) is 76.7 Å². The second kappa shape index (κ2) is 8.73. The second-order valence-electron chi connectivity index (χ2n) is 7.76. The summed E-state index contributed by atoms with van der Waals surface area (Å²) in [6.45, 7) is 1.60. The molecule has 0 saturated heterocycles. The first kappa shape index (κ1) is 22.6. The Morgan fingerprint density at radius 3 is 2.48 bits per heavy atom. The van der Waals surface area contributed by atoms with Crippen molar-refractivity contribution in [2.24, 2.45) is 0 Å². The molecule has 0 atom stereocenters. The Labute approximate surface area is 187 Å². The molecule has 0 aliphatic heterocycles. The van der Waals surface area contributed by atoms with E-state index >= 15 is 0 Å². The van der Waals surface area contributed by atoms with Crippen LogP contribution in [0.5, 0.6) is 17.4 Å². The number of ether oxygens (including phenoxy) is 2. The van der Waals surface area contributed by atoms with Gasteiger partial charge in [0.15, 0.2) is 0 Å². The molecular weight excluding hydrogens is 440 g/mol. The highest BCUT2D eigenvalue weighted by Crippen LogP contribution is 2.48. The standard InChI is InChI=1S/C24H20F4N2O3/c1-13-9-15(25)5-6-20(13)33-21-12-17(14-3-4-14)19(24(26,27)28)11-18(21)23(31)30-16-7-8-29-22(10-16)32-2/h5-12,14H,3-4H2,1-2H3,(H,29,30,31). The average molecular weight is 460 g/mol. The average Bonchev–Trinajstić information content (AvgIpc) is 3.60. The van der Waals surface area contributed by atoms with Crippen molar-refractivity contribution in [1.29, 1.82) is 0 Å². The minimum Gasteiger partial charge on any atom is -0.481 e. The zero-order valence-corrected chi connectivity index (χ0v) is 17.8. The first-order chi connectivity index (χ1) is 15.7. The summed E-state index contributed by atoms with van der Waals surface area (Å²) in [7, 11) is 1.40. The largest absolute Gasteiger partial charge is 0.481 e. The van der Waals surface area contributed by atoms with E-state index in [4.69, 9.17) is 9.47 Å². The van der Waals surface area contributed by atoms with Crippen LogP contribution in [0.15, 0.2) is 48.7 Å². The molecule has 2 aromatic carbocycles. The molecule has 0 radical (unpaired) electrons. The molecule has 1 amide bonds. The lowest BCUT2D eigenvalue weighted by atomic mass is 9.98. The van der Waals surface area contributed by atoms with Crippen LogP contribution in [0.1, 0.15) is 45.8 Å². The third-order valence-electron chi connectivity index (χ3n) is 5.28. The fourth-order valence-electron chi connectivity index (χ4n) is 3.48. The molecule has 4 rings (SSSR count). The van der Waals surface area contributed by atoms with Gasteiger partial charge in [-0.1, -0.05) is 0 Å². The molecule has 3 aromatic rings. The van der Waals surface area contributed by atoms with E-state index in [0.717, 1.165) is 6.07 Å². The van der Waals surface area contributed by atoms with Crippen LogP contribution >= 0.6 is 0 Å². The summed E-state index contributed by atoms with van der Waals surface area (Å²) >= 11 is 0. The molecule has 1 fully saturated rings. The Hall–Kier alpha value is -3.62. The number of aromatic nitrogens is 1. The van der Waals surface area contributed by atoms with E-state index in [1.165, 1.54) is 49.7 Å². The number of halogens is 4. The van der Waals surface area contributed by atoms with Crippen molar-refractivity contribution < 1.29 is 31.8 Å². The number of amides is 1. The topological polar surface area (TPSA) is 60.5 Å². The van der Waals surface area contributed by atoms with Gasteiger partial charge in [-0.15, -0.1) is 0 Å². The van der Waals surface area contributed by atoms with Crippen molar-refractivity contribution >= 4 is 11.6 Å². The van der Waals surface area contributed by atoms with E-state index in [-0.39, 0.29) is 40.1 Å². The van der Waals surface area contributed by atoms with Crippen LogP contribution in [-0.4, -0.2) is 18.0 Å². The second-order valence-corrected chi connectivity index (χ2v) is 7.76. The van der Waals surface area contributed by atoms with Crippen molar-refractivity contribution in [1.82, 2.24) is 4.98 Å². The predicted octanol–water partition coefficient (Wildman–Crippen LogP) is 6.48. The first-order valence-corrected chi connectivity index (χ1v) is 10.2. The highest BCUT2D eigenvalue weighted by Gasteiger charge is 2.40. The van der Waals surface area contributed by atoms with Gasteiger partial charge in [0.05, 0.1) is 18.2 Å². The molecule has 1 saturated carbocycles. The zero-order chi connectivity index (χ0) is 23.8. The molecule has 9 heteroatoms. The maximum atomic E-state index is 13.8. The lowest BCUT2D eigenvalue weighted by Crippen LogP contribution is -2.17. The number of hydrogen-bond donors (Lipinski definition) is 1. The summed E-state index contributed by atoms with van der Waals surface area (Å²) in [4.78, 5) is 17.0. The van der Waals surface area contributed by atoms with Gasteiger partial charge < -0.3 is 14.8 Å². The molecule has 1 heterocycles. The lowest BCUT2D eigenvalue weighted by Gasteiger charge is -2.19. The number of benzene rings is 2. The molecule has 1 aromatic heterocycles. The number of methoxy groups -OCH3 is 1. The molecular formula is C24H20F4N2O3. The molecule has 0 unspecified atom stereocenters. The van der Waals surface area contributed by atoms with Gasteiger partial charge in [0.25, 0.3) is 5.91 Å². The Morgan fingerprint density at radius 1 is 1.09 bits per heavy atom. The Balaban J connectivity index is 1.79. The third kappa shape index (κ3) is 5.08. The van der Waals surface area contributed by atoms with Crippen LogP contribution in [-0.2, 0) is 6.18 Å². The lowest BCUT2D eigenvalue weighted by molar-refractivity contribution is -0.138. The van der Waals surface area contributed by atoms with Crippen LogP contribution in [0.2, 0.25) is 0 Å². The summed E-state index contributed by atoms with van der Waals surface area (Å²) < 4.78 is 65.9. The molecule has 1 aliphatic rings. The van der Waals surface area contributed by atoms with E-state index in [9.17, 15) is 22.4 Å². The summed E-state index contributed by atoms with van der Waals surface area (Å²) in [5.74, 6) is -1.11. The summed E-state index contributed by atoms with van der Waals surface area (Å²) in [5.41, 5.74) is -0.361. The number of rotatable bonds is 6. The van der Waals surface area contributed by atoms with Crippen molar-refractivity contribution in [2.45, 2.75) is 31.9 Å². The van der Waals surface area contributed by atoms with Gasteiger partial charge >= 0.3 is 6.18 Å². The quantitative estimate of drug-likeness (QED) is 0.428. The van der Waals surface area contributed by atoms with Gasteiger partial charge in [0, 0.05) is 18.0 Å². The fourth-order valence-corrected chi connectivity index (χ4v) is 3.48. The number of carbonyl (C=O) groups is 1. The van der Waals surface area contributed by atoms with E-state index < -0.39 is 23.5 Å². The predicted molar refractivity (Wildman–Crippen MR) is 113 cm³/mol. The monoisotopic (exact) mass is 460 g/mol. The molecule has 0 spiro atoms. The SMILES string of the molecule is COc1cc(NC(=O)c2cc(C(F)(F)F)c(C3CC3)cc2Oc2ccc(F)cc2C)ccn1. The van der Waals surface area contributed by atoms with Crippen LogP contribution in [0.3, 0.4) is 0 Å². The Morgan fingerprint density at radius 2 is 1.85 bits per heavy atom. The number of carbonyl (C=O) groups excluding carboxylic acids is 1. The molecule has 172 valence electrons. The zero-order valence-electron chi connectivity index (χ0n) is 17.8. The molecule has 1 aliphatic carbocycles. The highest BCUT2D eigenvalue weighted by atomic mass is 19.4. The molecule has 0 bridgehead atoms. The number of hydrogen-bond acceptors (Lipinski definition) is 4. The van der Waals surface area contributed by atoms with Crippen LogP contribution in [0, 0.1) is 12.7 Å². The van der Waals surface area contributed by atoms with Gasteiger partial charge in [-0.2, -0.15) is 13.2 Å². The molecule has 1 N–H and O–H groups in total. The fraction of sp³-hybridized carbons (Fsp3) is 0.250.